The number of halogens is 1. The molecule has 144 valence electrons. The Balaban J connectivity index is 1.64. The molecule has 0 aliphatic heterocycles. The van der Waals surface area contributed by atoms with E-state index in [1.165, 1.54) is 11.3 Å². The molecule has 0 saturated carbocycles. The molecule has 1 amide bonds. The summed E-state index contributed by atoms with van der Waals surface area (Å²) in [6.45, 7) is 1.96. The molecule has 0 atom stereocenters. The van der Waals surface area contributed by atoms with Crippen LogP contribution in [0.2, 0.25) is 5.02 Å². The molecule has 0 bridgehead atoms. The molecule has 0 spiro atoms. The zero-order chi connectivity index (χ0) is 20.2. The number of hydrogen-bond acceptors (Lipinski definition) is 4. The molecule has 29 heavy (non-hydrogen) atoms. The first-order valence-electron chi connectivity index (χ1n) is 8.90. The number of rotatable bonds is 5. The molecule has 1 N–H and O–H groups in total. The van der Waals surface area contributed by atoms with Crippen LogP contribution in [0.15, 0.2) is 77.3 Å². The minimum absolute atomic E-state index is 0.242. The van der Waals surface area contributed by atoms with Crippen LogP contribution in [0.25, 0.3) is 16.9 Å². The lowest BCUT2D eigenvalue weighted by Gasteiger charge is -2.00. The lowest BCUT2D eigenvalue weighted by Crippen LogP contribution is -2.16. The van der Waals surface area contributed by atoms with Crippen LogP contribution in [0.4, 0.5) is 0 Å². The summed E-state index contributed by atoms with van der Waals surface area (Å²) >= 11 is 7.55. The zero-order valence-electron chi connectivity index (χ0n) is 15.5. The van der Waals surface area contributed by atoms with E-state index in [2.05, 4.69) is 10.5 Å². The Morgan fingerprint density at radius 1 is 1.17 bits per heavy atom. The molecular formula is C22H17ClN4OS. The maximum absolute atomic E-state index is 12.2. The number of carbonyl (C=O) groups excluding carboxylic acids is 1. The molecule has 0 radical (unpaired) electrons. The highest BCUT2D eigenvalue weighted by atomic mass is 35.5. The molecule has 0 aliphatic carbocycles. The minimum Gasteiger partial charge on any atom is -0.267 e. The van der Waals surface area contributed by atoms with E-state index >= 15 is 0 Å². The number of aryl methyl sites for hydroxylation is 1. The van der Waals surface area contributed by atoms with Crippen molar-refractivity contribution in [2.45, 2.75) is 6.92 Å². The first kappa shape index (κ1) is 19.1. The number of nitrogens with zero attached hydrogens (tertiary/aromatic N) is 3. The first-order chi connectivity index (χ1) is 14.1. The number of aromatic nitrogens is 2. The largest absolute Gasteiger partial charge is 0.272 e. The average molecular weight is 421 g/mol. The van der Waals surface area contributed by atoms with Crippen LogP contribution in [0.5, 0.6) is 0 Å². The Morgan fingerprint density at radius 3 is 2.62 bits per heavy atom. The third kappa shape index (κ3) is 4.45. The Morgan fingerprint density at radius 2 is 1.93 bits per heavy atom. The zero-order valence-corrected chi connectivity index (χ0v) is 17.1. The van der Waals surface area contributed by atoms with Gasteiger partial charge in [0.2, 0.25) is 0 Å². The lowest BCUT2D eigenvalue weighted by molar-refractivity contribution is 0.0955. The molecule has 2 heterocycles. The topological polar surface area (TPSA) is 59.3 Å². The van der Waals surface area contributed by atoms with Crippen LogP contribution in [-0.4, -0.2) is 21.9 Å². The van der Waals surface area contributed by atoms with Gasteiger partial charge in [-0.2, -0.15) is 10.2 Å². The van der Waals surface area contributed by atoms with Gasteiger partial charge >= 0.3 is 0 Å². The monoisotopic (exact) mass is 420 g/mol. The van der Waals surface area contributed by atoms with E-state index in [0.717, 1.165) is 27.4 Å². The fourth-order valence-corrected chi connectivity index (χ4v) is 3.62. The number of para-hydroxylation sites is 1. The van der Waals surface area contributed by atoms with Gasteiger partial charge in [-0.15, -0.1) is 11.3 Å². The van der Waals surface area contributed by atoms with Crippen LogP contribution in [0.3, 0.4) is 0 Å². The van der Waals surface area contributed by atoms with Gasteiger partial charge in [-0.05, 0) is 37.3 Å². The van der Waals surface area contributed by atoms with Crippen molar-refractivity contribution in [1.29, 1.82) is 0 Å². The van der Waals surface area contributed by atoms with E-state index in [0.29, 0.717) is 10.6 Å². The Bertz CT molecular complexity index is 1160. The van der Waals surface area contributed by atoms with Crippen molar-refractivity contribution in [3.8, 4) is 16.9 Å². The molecule has 0 fully saturated rings. The Labute approximate surface area is 177 Å². The quantitative estimate of drug-likeness (QED) is 0.350. The molecular weight excluding hydrogens is 404 g/mol. The fourth-order valence-electron chi connectivity index (χ4n) is 2.81. The Kier molecular flexibility index (Phi) is 5.55. The molecule has 5 nitrogen and oxygen atoms in total. The van der Waals surface area contributed by atoms with Gasteiger partial charge in [-0.25, -0.2) is 10.1 Å². The van der Waals surface area contributed by atoms with Gasteiger partial charge in [0.1, 0.15) is 5.69 Å². The summed E-state index contributed by atoms with van der Waals surface area (Å²) < 4.78 is 1.79. The summed E-state index contributed by atoms with van der Waals surface area (Å²) in [5.74, 6) is -0.242. The van der Waals surface area contributed by atoms with E-state index in [-0.39, 0.29) is 5.91 Å². The third-order valence-corrected chi connectivity index (χ3v) is 5.36. The summed E-state index contributed by atoms with van der Waals surface area (Å²) in [5, 5.41) is 11.3. The molecule has 0 unspecified atom stereocenters. The van der Waals surface area contributed by atoms with Crippen molar-refractivity contribution >= 4 is 35.1 Å². The van der Waals surface area contributed by atoms with Gasteiger partial charge in [-0.1, -0.05) is 41.9 Å². The van der Waals surface area contributed by atoms with Crippen LogP contribution in [0, 0.1) is 6.92 Å². The summed E-state index contributed by atoms with van der Waals surface area (Å²) in [4.78, 5) is 13.3. The number of carbonyl (C=O) groups is 1. The third-order valence-electron chi connectivity index (χ3n) is 4.24. The number of amides is 1. The van der Waals surface area contributed by atoms with Gasteiger partial charge in [-0.3, -0.25) is 4.79 Å². The van der Waals surface area contributed by atoms with E-state index in [1.807, 2.05) is 79.2 Å². The van der Waals surface area contributed by atoms with Crippen molar-refractivity contribution in [1.82, 2.24) is 15.2 Å². The number of hydrogen-bond donors (Lipinski definition) is 1. The van der Waals surface area contributed by atoms with Crippen molar-refractivity contribution in [2.75, 3.05) is 0 Å². The molecule has 4 rings (SSSR count). The number of nitrogens with one attached hydrogen (secondary N) is 1. The average Bonchev–Trinajstić information content (AvgIpc) is 3.36. The van der Waals surface area contributed by atoms with Crippen LogP contribution < -0.4 is 5.43 Å². The Hall–Kier alpha value is -3.22. The standard InChI is InChI=1S/C22H17ClN4OS/c1-15-11-17(14-29-15)22(28)25-24-12-18-13-27(20-5-3-2-4-6-20)26-21(18)16-7-9-19(23)10-8-16/h2-14H,1H3,(H,25,28). The van der Waals surface area contributed by atoms with Crippen LogP contribution in [-0.2, 0) is 0 Å². The second-order valence-electron chi connectivity index (χ2n) is 6.37. The molecule has 0 saturated heterocycles. The van der Waals surface area contributed by atoms with Crippen LogP contribution in [0.1, 0.15) is 20.8 Å². The smallest absolute Gasteiger partial charge is 0.267 e. The normalized spacial score (nSPS) is 11.1. The number of hydrazone groups is 1. The van der Waals surface area contributed by atoms with Crippen molar-refractivity contribution < 1.29 is 4.79 Å². The highest BCUT2D eigenvalue weighted by Gasteiger charge is 2.12. The highest BCUT2D eigenvalue weighted by Crippen LogP contribution is 2.24. The maximum atomic E-state index is 12.2. The number of thiophene rings is 1. The van der Waals surface area contributed by atoms with Gasteiger partial charge in [0.25, 0.3) is 5.91 Å². The lowest BCUT2D eigenvalue weighted by atomic mass is 10.1. The van der Waals surface area contributed by atoms with E-state index in [9.17, 15) is 4.79 Å². The number of benzene rings is 2. The molecule has 2 aromatic carbocycles. The second-order valence-corrected chi connectivity index (χ2v) is 7.92. The van der Waals surface area contributed by atoms with E-state index in [4.69, 9.17) is 16.7 Å². The molecule has 2 aromatic heterocycles. The van der Waals surface area contributed by atoms with E-state index < -0.39 is 0 Å². The molecule has 0 aliphatic rings. The predicted molar refractivity (Wildman–Crippen MR) is 118 cm³/mol. The minimum atomic E-state index is -0.242. The SMILES string of the molecule is Cc1cc(C(=O)NN=Cc2cn(-c3ccccc3)nc2-c2ccc(Cl)cc2)cs1. The summed E-state index contributed by atoms with van der Waals surface area (Å²) in [5.41, 5.74) is 6.54. The summed E-state index contributed by atoms with van der Waals surface area (Å²) in [7, 11) is 0. The van der Waals surface area contributed by atoms with Gasteiger partial charge in [0.05, 0.1) is 17.5 Å². The molecule has 7 heteroatoms. The second kappa shape index (κ2) is 8.43. The van der Waals surface area contributed by atoms with Crippen molar-refractivity contribution in [2.24, 2.45) is 5.10 Å². The van der Waals surface area contributed by atoms with Crippen molar-refractivity contribution in [3.63, 3.8) is 0 Å². The van der Waals surface area contributed by atoms with Crippen molar-refractivity contribution in [3.05, 3.63) is 93.3 Å². The fraction of sp³-hybridized carbons (Fsp3) is 0.0455. The highest BCUT2D eigenvalue weighted by molar-refractivity contribution is 7.10. The van der Waals surface area contributed by atoms with Gasteiger partial charge in [0.15, 0.2) is 0 Å². The predicted octanol–water partition coefficient (Wildman–Crippen LogP) is 5.33. The maximum Gasteiger partial charge on any atom is 0.272 e. The summed E-state index contributed by atoms with van der Waals surface area (Å²) in [6.07, 6.45) is 3.48. The van der Waals surface area contributed by atoms with Crippen LogP contribution >= 0.6 is 22.9 Å². The van der Waals surface area contributed by atoms with Gasteiger partial charge in [0, 0.05) is 32.6 Å². The van der Waals surface area contributed by atoms with E-state index in [1.54, 1.807) is 10.9 Å². The first-order valence-corrected chi connectivity index (χ1v) is 10.2. The molecule has 4 aromatic rings. The summed E-state index contributed by atoms with van der Waals surface area (Å²) in [6, 6.07) is 19.1. The van der Waals surface area contributed by atoms with Gasteiger partial charge < -0.3 is 0 Å².